The van der Waals surface area contributed by atoms with Gasteiger partial charge >= 0.3 is 0 Å². The summed E-state index contributed by atoms with van der Waals surface area (Å²) in [6.07, 6.45) is 2.71. The summed E-state index contributed by atoms with van der Waals surface area (Å²) in [5.41, 5.74) is 2.28. The average Bonchev–Trinajstić information content (AvgIpc) is 2.96. The van der Waals surface area contributed by atoms with Gasteiger partial charge in [-0.2, -0.15) is 4.31 Å². The van der Waals surface area contributed by atoms with Gasteiger partial charge in [-0.15, -0.1) is 0 Å². The van der Waals surface area contributed by atoms with Gasteiger partial charge in [0.25, 0.3) is 0 Å². The fraction of sp³-hybridized carbons (Fsp3) is 0.500. The molecule has 1 aromatic rings. The van der Waals surface area contributed by atoms with Crippen LogP contribution in [-0.2, 0) is 10.0 Å². The zero-order valence-corrected chi connectivity index (χ0v) is 15.2. The number of halogens is 1. The van der Waals surface area contributed by atoms with Gasteiger partial charge in [-0.25, -0.2) is 8.42 Å². The first-order valence-electron chi connectivity index (χ1n) is 7.31. The highest BCUT2D eigenvalue weighted by atomic mass is 79.9. The van der Waals surface area contributed by atoms with Crippen LogP contribution in [0.15, 0.2) is 39.2 Å². The molecule has 0 bridgehead atoms. The first-order valence-corrected chi connectivity index (χ1v) is 9.55. The second-order valence-electron chi connectivity index (χ2n) is 5.57. The van der Waals surface area contributed by atoms with Crippen molar-refractivity contribution in [2.24, 2.45) is 0 Å². The fourth-order valence-corrected chi connectivity index (χ4v) is 5.14. The zero-order valence-electron chi connectivity index (χ0n) is 12.8. The van der Waals surface area contributed by atoms with E-state index in [0.29, 0.717) is 11.4 Å². The van der Waals surface area contributed by atoms with E-state index in [1.807, 2.05) is 19.1 Å². The summed E-state index contributed by atoms with van der Waals surface area (Å²) in [5, 5.41) is 0. The molecule has 21 heavy (non-hydrogen) atoms. The number of sulfonamides is 1. The normalized spacial score (nSPS) is 21.4. The van der Waals surface area contributed by atoms with E-state index in [1.54, 1.807) is 16.4 Å². The van der Waals surface area contributed by atoms with Crippen LogP contribution in [0.3, 0.4) is 0 Å². The summed E-state index contributed by atoms with van der Waals surface area (Å²) < 4.78 is 28.4. The Balaban J connectivity index is 2.37. The Labute approximate surface area is 136 Å². The third-order valence-electron chi connectivity index (χ3n) is 4.06. The maximum Gasteiger partial charge on any atom is 0.243 e. The van der Waals surface area contributed by atoms with E-state index in [9.17, 15) is 8.42 Å². The number of hydrogen-bond acceptors (Lipinski definition) is 2. The zero-order chi connectivity index (χ0) is 15.6. The molecule has 0 aromatic heterocycles. The van der Waals surface area contributed by atoms with Crippen LogP contribution < -0.4 is 0 Å². The predicted molar refractivity (Wildman–Crippen MR) is 90.0 cm³/mol. The molecule has 0 aliphatic carbocycles. The van der Waals surface area contributed by atoms with E-state index in [4.69, 9.17) is 0 Å². The molecule has 0 spiro atoms. The maximum atomic E-state index is 12.9. The molecule has 1 unspecified atom stereocenters. The molecule has 0 N–H and O–H groups in total. The van der Waals surface area contributed by atoms with Gasteiger partial charge in [-0.3, -0.25) is 0 Å². The van der Waals surface area contributed by atoms with Crippen LogP contribution in [0.2, 0.25) is 0 Å². The van der Waals surface area contributed by atoms with E-state index in [2.05, 4.69) is 29.8 Å². The second-order valence-corrected chi connectivity index (χ2v) is 8.31. The average molecular weight is 372 g/mol. The number of benzene rings is 1. The minimum absolute atomic E-state index is 0.0590. The molecule has 2 rings (SSSR count). The van der Waals surface area contributed by atoms with Crippen LogP contribution in [0, 0.1) is 6.92 Å². The van der Waals surface area contributed by atoms with Gasteiger partial charge in [0.05, 0.1) is 10.9 Å². The van der Waals surface area contributed by atoms with Crippen LogP contribution >= 0.6 is 15.9 Å². The van der Waals surface area contributed by atoms with E-state index < -0.39 is 10.0 Å². The Morgan fingerprint density at radius 1 is 1.33 bits per heavy atom. The molecule has 1 aliphatic rings. The molecule has 1 aliphatic heterocycles. The highest BCUT2D eigenvalue weighted by Crippen LogP contribution is 2.34. The van der Waals surface area contributed by atoms with Crippen molar-refractivity contribution < 1.29 is 8.42 Å². The molecule has 0 amide bonds. The first kappa shape index (κ1) is 16.7. The third-order valence-corrected chi connectivity index (χ3v) is 7.19. The SMILES string of the molecule is CC/C(C)=C(/Br)C1CCCN1S(=O)(=O)c1ccc(C)cc1. The van der Waals surface area contributed by atoms with Gasteiger partial charge < -0.3 is 0 Å². The van der Waals surface area contributed by atoms with Crippen molar-refractivity contribution in [1.82, 2.24) is 4.31 Å². The molecular weight excluding hydrogens is 350 g/mol. The highest BCUT2D eigenvalue weighted by Gasteiger charge is 2.37. The molecule has 3 nitrogen and oxygen atoms in total. The topological polar surface area (TPSA) is 37.4 Å². The number of nitrogens with zero attached hydrogens (tertiary/aromatic N) is 1. The van der Waals surface area contributed by atoms with Crippen molar-refractivity contribution in [2.45, 2.75) is 51.0 Å². The monoisotopic (exact) mass is 371 g/mol. The van der Waals surface area contributed by atoms with Gasteiger partial charge in [0.2, 0.25) is 10.0 Å². The molecule has 1 atom stereocenters. The summed E-state index contributed by atoms with van der Waals surface area (Å²) in [5.74, 6) is 0. The van der Waals surface area contributed by atoms with Gasteiger partial charge in [-0.1, -0.05) is 46.1 Å². The van der Waals surface area contributed by atoms with Crippen molar-refractivity contribution in [3.63, 3.8) is 0 Å². The molecule has 116 valence electrons. The van der Waals surface area contributed by atoms with Gasteiger partial charge in [-0.05, 0) is 45.2 Å². The largest absolute Gasteiger partial charge is 0.243 e. The third kappa shape index (κ3) is 3.41. The van der Waals surface area contributed by atoms with Gasteiger partial charge in [0, 0.05) is 11.0 Å². The van der Waals surface area contributed by atoms with E-state index in [-0.39, 0.29) is 6.04 Å². The molecule has 5 heteroatoms. The fourth-order valence-electron chi connectivity index (χ4n) is 2.58. The van der Waals surface area contributed by atoms with Crippen LogP contribution in [-0.4, -0.2) is 25.3 Å². The lowest BCUT2D eigenvalue weighted by atomic mass is 10.1. The lowest BCUT2D eigenvalue weighted by Crippen LogP contribution is -2.36. The molecule has 1 fully saturated rings. The summed E-state index contributed by atoms with van der Waals surface area (Å²) in [6.45, 7) is 6.69. The molecule has 0 radical (unpaired) electrons. The summed E-state index contributed by atoms with van der Waals surface area (Å²) in [7, 11) is -3.42. The lowest BCUT2D eigenvalue weighted by molar-refractivity contribution is 0.428. The predicted octanol–water partition coefficient (Wildman–Crippen LogP) is 4.23. The smallest absolute Gasteiger partial charge is 0.207 e. The molecule has 0 saturated carbocycles. The lowest BCUT2D eigenvalue weighted by Gasteiger charge is -2.25. The van der Waals surface area contributed by atoms with E-state index >= 15 is 0 Å². The Morgan fingerprint density at radius 2 is 1.95 bits per heavy atom. The summed E-state index contributed by atoms with van der Waals surface area (Å²) in [6, 6.07) is 7.03. The second kappa shape index (κ2) is 6.63. The summed E-state index contributed by atoms with van der Waals surface area (Å²) in [4.78, 5) is 0.384. The summed E-state index contributed by atoms with van der Waals surface area (Å²) >= 11 is 3.62. The molecule has 1 aromatic carbocycles. The number of rotatable bonds is 4. The van der Waals surface area contributed by atoms with Crippen molar-refractivity contribution in [2.75, 3.05) is 6.54 Å². The van der Waals surface area contributed by atoms with Crippen LogP contribution in [0.1, 0.15) is 38.7 Å². The van der Waals surface area contributed by atoms with Gasteiger partial charge in [0.1, 0.15) is 0 Å². The Bertz CT molecular complexity index is 635. The Kier molecular flexibility index (Phi) is 5.28. The van der Waals surface area contributed by atoms with Crippen LogP contribution in [0.5, 0.6) is 0 Å². The van der Waals surface area contributed by atoms with E-state index in [1.165, 1.54) is 5.57 Å². The van der Waals surface area contributed by atoms with Crippen molar-refractivity contribution in [3.8, 4) is 0 Å². The minimum Gasteiger partial charge on any atom is -0.207 e. The Hall–Kier alpha value is -0.650. The molecule has 1 heterocycles. The number of hydrogen-bond donors (Lipinski definition) is 0. The Morgan fingerprint density at radius 3 is 2.52 bits per heavy atom. The van der Waals surface area contributed by atoms with Gasteiger partial charge in [0.15, 0.2) is 0 Å². The van der Waals surface area contributed by atoms with E-state index in [0.717, 1.165) is 29.3 Å². The first-order chi connectivity index (χ1) is 9.87. The van der Waals surface area contributed by atoms with Crippen molar-refractivity contribution in [1.29, 1.82) is 0 Å². The number of allylic oxidation sites excluding steroid dienone is 1. The molecular formula is C16H22BrNO2S. The standard InChI is InChI=1S/C16H22BrNO2S/c1-4-13(3)16(17)15-6-5-11-18(15)21(19,20)14-9-7-12(2)8-10-14/h7-10,15H,4-6,11H2,1-3H3/b16-13+. The molecule has 1 saturated heterocycles. The number of aryl methyl sites for hydroxylation is 1. The van der Waals surface area contributed by atoms with Crippen molar-refractivity contribution >= 4 is 26.0 Å². The quantitative estimate of drug-likeness (QED) is 0.793. The van der Waals surface area contributed by atoms with Crippen molar-refractivity contribution in [3.05, 3.63) is 39.9 Å². The highest BCUT2D eigenvalue weighted by molar-refractivity contribution is 9.11. The van der Waals surface area contributed by atoms with Crippen LogP contribution in [0.4, 0.5) is 0 Å². The minimum atomic E-state index is -3.42. The van der Waals surface area contributed by atoms with Crippen LogP contribution in [0.25, 0.3) is 0 Å². The maximum absolute atomic E-state index is 12.9.